The second kappa shape index (κ2) is 4.94. The van der Waals surface area contributed by atoms with Gasteiger partial charge in [-0.3, -0.25) is 0 Å². The number of hydrogen-bond acceptors (Lipinski definition) is 2. The lowest BCUT2D eigenvalue weighted by atomic mass is 10.1. The number of carboxylic acids is 1. The molecule has 0 aliphatic rings. The Hall–Kier alpha value is -1.35. The molecule has 0 aliphatic carbocycles. The summed E-state index contributed by atoms with van der Waals surface area (Å²) in [5, 5.41) is 9.02. The number of ether oxygens (including phenoxy) is 1. The predicted octanol–water partition coefficient (Wildman–Crippen LogP) is 2.55. The summed E-state index contributed by atoms with van der Waals surface area (Å²) in [5.41, 5.74) is 1.79. The maximum absolute atomic E-state index is 11.0. The van der Waals surface area contributed by atoms with Gasteiger partial charge in [0.25, 0.3) is 0 Å². The molecule has 0 bridgehead atoms. The van der Waals surface area contributed by atoms with Crippen LogP contribution in [0.25, 0.3) is 0 Å². The lowest BCUT2D eigenvalue weighted by Gasteiger charge is -2.16. The number of rotatable bonds is 4. The highest BCUT2D eigenvalue weighted by atomic mass is 16.5. The number of aliphatic carboxylic acids is 1. The molecule has 3 nitrogen and oxygen atoms in total. The van der Waals surface area contributed by atoms with Crippen molar-refractivity contribution < 1.29 is 14.6 Å². The van der Waals surface area contributed by atoms with Crippen molar-refractivity contribution in [3.63, 3.8) is 0 Å². The number of carbonyl (C=O) groups is 1. The van der Waals surface area contributed by atoms with Crippen molar-refractivity contribution in [2.45, 2.75) is 33.0 Å². The van der Waals surface area contributed by atoms with E-state index in [2.05, 4.69) is 0 Å². The van der Waals surface area contributed by atoms with Crippen LogP contribution in [-0.4, -0.2) is 17.2 Å². The molecule has 0 saturated carbocycles. The average Bonchev–Trinajstić information content (AvgIpc) is 2.15. The maximum atomic E-state index is 11.0. The van der Waals surface area contributed by atoms with Crippen LogP contribution >= 0.6 is 0 Å². The zero-order valence-corrected chi connectivity index (χ0v) is 9.23. The Morgan fingerprint density at radius 1 is 1.27 bits per heavy atom. The molecular weight excluding hydrogens is 192 g/mol. The van der Waals surface area contributed by atoms with Gasteiger partial charge >= 0.3 is 5.97 Å². The van der Waals surface area contributed by atoms with Gasteiger partial charge in [-0.25, -0.2) is 4.79 Å². The van der Waals surface area contributed by atoms with Crippen LogP contribution in [0, 0.1) is 6.92 Å². The fourth-order valence-electron chi connectivity index (χ4n) is 1.29. The molecule has 0 spiro atoms. The van der Waals surface area contributed by atoms with Crippen LogP contribution in [-0.2, 0) is 9.53 Å². The summed E-state index contributed by atoms with van der Waals surface area (Å²) < 4.78 is 5.34. The zero-order valence-electron chi connectivity index (χ0n) is 9.23. The third kappa shape index (κ3) is 3.36. The highest BCUT2D eigenvalue weighted by Gasteiger charge is 2.21. The summed E-state index contributed by atoms with van der Waals surface area (Å²) in [6.07, 6.45) is -0.974. The second-order valence-electron chi connectivity index (χ2n) is 3.81. The van der Waals surface area contributed by atoms with Crippen LogP contribution in [0.5, 0.6) is 0 Å². The molecule has 0 aliphatic heterocycles. The van der Waals surface area contributed by atoms with Crippen LogP contribution in [0.15, 0.2) is 24.3 Å². The summed E-state index contributed by atoms with van der Waals surface area (Å²) in [6.45, 7) is 5.61. The minimum absolute atomic E-state index is 0.104. The predicted molar refractivity (Wildman–Crippen MR) is 57.8 cm³/mol. The highest BCUT2D eigenvalue weighted by Crippen LogP contribution is 2.19. The number of aryl methyl sites for hydroxylation is 1. The Bertz CT molecular complexity index is 327. The zero-order chi connectivity index (χ0) is 11.4. The molecule has 0 radical (unpaired) electrons. The van der Waals surface area contributed by atoms with Crippen molar-refractivity contribution in [1.29, 1.82) is 0 Å². The van der Waals surface area contributed by atoms with E-state index in [-0.39, 0.29) is 6.10 Å². The molecule has 0 aromatic heterocycles. The molecule has 1 aromatic rings. The van der Waals surface area contributed by atoms with Gasteiger partial charge in [0.2, 0.25) is 0 Å². The van der Waals surface area contributed by atoms with Crippen molar-refractivity contribution in [2.24, 2.45) is 0 Å². The minimum atomic E-state index is -0.951. The van der Waals surface area contributed by atoms with Gasteiger partial charge in [-0.15, -0.1) is 0 Å². The summed E-state index contributed by atoms with van der Waals surface area (Å²) >= 11 is 0. The van der Waals surface area contributed by atoms with E-state index in [1.807, 2.05) is 32.9 Å². The van der Waals surface area contributed by atoms with Crippen LogP contribution in [0.4, 0.5) is 0 Å². The van der Waals surface area contributed by atoms with E-state index in [1.165, 1.54) is 0 Å². The molecule has 0 heterocycles. The van der Waals surface area contributed by atoms with E-state index in [9.17, 15) is 4.79 Å². The number of benzene rings is 1. The summed E-state index contributed by atoms with van der Waals surface area (Å²) in [4.78, 5) is 11.0. The van der Waals surface area contributed by atoms with Crippen molar-refractivity contribution in [3.05, 3.63) is 35.4 Å². The second-order valence-corrected chi connectivity index (χ2v) is 3.81. The van der Waals surface area contributed by atoms with E-state index in [1.54, 1.807) is 12.1 Å². The van der Waals surface area contributed by atoms with Gasteiger partial charge in [0.05, 0.1) is 6.10 Å². The number of carboxylic acid groups (broad SMARTS) is 1. The Morgan fingerprint density at radius 2 is 1.80 bits per heavy atom. The maximum Gasteiger partial charge on any atom is 0.337 e. The molecule has 3 heteroatoms. The molecule has 0 fully saturated rings. The molecule has 1 N–H and O–H groups in total. The first kappa shape index (κ1) is 11.7. The Balaban J connectivity index is 2.89. The Kier molecular flexibility index (Phi) is 3.86. The Labute approximate surface area is 89.7 Å². The smallest absolute Gasteiger partial charge is 0.337 e. The molecular formula is C12H16O3. The van der Waals surface area contributed by atoms with Gasteiger partial charge in [-0.1, -0.05) is 29.8 Å². The molecule has 1 rings (SSSR count). The molecule has 0 saturated heterocycles. The van der Waals surface area contributed by atoms with Gasteiger partial charge in [-0.2, -0.15) is 0 Å². The van der Waals surface area contributed by atoms with Crippen LogP contribution in [0.3, 0.4) is 0 Å². The quantitative estimate of drug-likeness (QED) is 0.827. The largest absolute Gasteiger partial charge is 0.479 e. The van der Waals surface area contributed by atoms with Gasteiger partial charge in [0.1, 0.15) is 0 Å². The van der Waals surface area contributed by atoms with E-state index in [0.29, 0.717) is 5.56 Å². The van der Waals surface area contributed by atoms with Gasteiger partial charge in [0, 0.05) is 0 Å². The first-order chi connectivity index (χ1) is 7.00. The van der Waals surface area contributed by atoms with E-state index >= 15 is 0 Å². The number of hydrogen-bond donors (Lipinski definition) is 1. The van der Waals surface area contributed by atoms with Gasteiger partial charge in [-0.05, 0) is 26.3 Å². The van der Waals surface area contributed by atoms with Crippen molar-refractivity contribution in [2.75, 3.05) is 0 Å². The lowest BCUT2D eigenvalue weighted by Crippen LogP contribution is -2.19. The van der Waals surface area contributed by atoms with Crippen LogP contribution in [0.2, 0.25) is 0 Å². The molecule has 1 atom stereocenters. The fourth-order valence-corrected chi connectivity index (χ4v) is 1.29. The standard InChI is InChI=1S/C12H16O3/c1-8(2)15-11(12(13)14)10-6-4-9(3)5-7-10/h4-8,11H,1-3H3,(H,13,14)/t11-/m0/s1. The molecule has 1 aromatic carbocycles. The minimum Gasteiger partial charge on any atom is -0.479 e. The molecule has 82 valence electrons. The molecule has 0 unspecified atom stereocenters. The van der Waals surface area contributed by atoms with Gasteiger partial charge < -0.3 is 9.84 Å². The summed E-state index contributed by atoms with van der Waals surface area (Å²) in [6, 6.07) is 7.34. The summed E-state index contributed by atoms with van der Waals surface area (Å²) in [5.74, 6) is -0.951. The highest BCUT2D eigenvalue weighted by molar-refractivity contribution is 5.74. The summed E-state index contributed by atoms with van der Waals surface area (Å²) in [7, 11) is 0. The normalized spacial score (nSPS) is 12.8. The third-order valence-electron chi connectivity index (χ3n) is 2.01. The first-order valence-electron chi connectivity index (χ1n) is 4.95. The van der Waals surface area contributed by atoms with Crippen LogP contribution in [0.1, 0.15) is 31.1 Å². The van der Waals surface area contributed by atoms with Gasteiger partial charge in [0.15, 0.2) is 6.10 Å². The first-order valence-corrected chi connectivity index (χ1v) is 4.95. The monoisotopic (exact) mass is 208 g/mol. The topological polar surface area (TPSA) is 46.5 Å². The third-order valence-corrected chi connectivity index (χ3v) is 2.01. The van der Waals surface area contributed by atoms with Crippen molar-refractivity contribution in [1.82, 2.24) is 0 Å². The Morgan fingerprint density at radius 3 is 2.20 bits per heavy atom. The van der Waals surface area contributed by atoms with E-state index in [4.69, 9.17) is 9.84 Å². The van der Waals surface area contributed by atoms with Crippen molar-refractivity contribution in [3.8, 4) is 0 Å². The van der Waals surface area contributed by atoms with Crippen molar-refractivity contribution >= 4 is 5.97 Å². The van der Waals surface area contributed by atoms with E-state index in [0.717, 1.165) is 5.56 Å². The average molecular weight is 208 g/mol. The fraction of sp³-hybridized carbons (Fsp3) is 0.417. The van der Waals surface area contributed by atoms with Crippen LogP contribution < -0.4 is 0 Å². The van der Waals surface area contributed by atoms with E-state index < -0.39 is 12.1 Å². The molecule has 15 heavy (non-hydrogen) atoms. The lowest BCUT2D eigenvalue weighted by molar-refractivity contribution is -0.153. The SMILES string of the molecule is Cc1ccc([C@H](OC(C)C)C(=O)O)cc1. The molecule has 0 amide bonds.